The Morgan fingerprint density at radius 3 is 3.04 bits per heavy atom. The second-order valence-corrected chi connectivity index (χ2v) is 7.35. The summed E-state index contributed by atoms with van der Waals surface area (Å²) in [7, 11) is 0. The van der Waals surface area contributed by atoms with Gasteiger partial charge in [-0.1, -0.05) is 11.6 Å². The molecule has 0 unspecified atom stereocenters. The summed E-state index contributed by atoms with van der Waals surface area (Å²) in [5, 5.41) is 14.9. The molecule has 0 aliphatic carbocycles. The molecule has 1 aromatic carbocycles. The molecule has 4 aromatic rings. The molecule has 7 nitrogen and oxygen atoms in total. The van der Waals surface area contributed by atoms with E-state index in [1.54, 1.807) is 22.9 Å². The van der Waals surface area contributed by atoms with Crippen LogP contribution in [-0.4, -0.2) is 38.8 Å². The van der Waals surface area contributed by atoms with Crippen LogP contribution >= 0.6 is 11.6 Å². The van der Waals surface area contributed by atoms with E-state index in [9.17, 15) is 4.39 Å². The van der Waals surface area contributed by atoms with Crippen molar-refractivity contribution >= 4 is 39.7 Å². The Hall–Kier alpha value is -2.84. The zero-order chi connectivity index (χ0) is 19.3. The normalized spacial score (nSPS) is 16.9. The minimum atomic E-state index is -0.412. The molecule has 3 N–H and O–H groups in total. The summed E-state index contributed by atoms with van der Waals surface area (Å²) in [5.41, 5.74) is 2.32. The lowest BCUT2D eigenvalue weighted by Crippen LogP contribution is -2.19. The fraction of sp³-hybridized carbons (Fsp3) is 0.263. The number of H-pyrrole nitrogens is 1. The fourth-order valence-corrected chi connectivity index (χ4v) is 3.85. The van der Waals surface area contributed by atoms with E-state index in [1.807, 2.05) is 13.0 Å². The summed E-state index contributed by atoms with van der Waals surface area (Å²) in [6, 6.07) is 5.05. The van der Waals surface area contributed by atoms with E-state index in [1.165, 1.54) is 6.07 Å². The van der Waals surface area contributed by atoms with Gasteiger partial charge in [0.05, 0.1) is 27.3 Å². The van der Waals surface area contributed by atoms with Gasteiger partial charge < -0.3 is 19.8 Å². The van der Waals surface area contributed by atoms with E-state index < -0.39 is 5.82 Å². The topological polar surface area (TPSA) is 79.3 Å². The van der Waals surface area contributed by atoms with Crippen LogP contribution in [-0.2, 0) is 0 Å². The molecule has 4 heterocycles. The summed E-state index contributed by atoms with van der Waals surface area (Å²) >= 11 is 6.51. The lowest BCUT2D eigenvalue weighted by Gasteiger charge is -2.13. The highest BCUT2D eigenvalue weighted by molar-refractivity contribution is 6.36. The number of pyridine rings is 1. The molecule has 0 saturated carbocycles. The van der Waals surface area contributed by atoms with Gasteiger partial charge in [-0.05, 0) is 26.0 Å². The van der Waals surface area contributed by atoms with E-state index in [0.29, 0.717) is 22.3 Å². The van der Waals surface area contributed by atoms with Gasteiger partial charge in [0.25, 0.3) is 0 Å². The Morgan fingerprint density at radius 2 is 2.21 bits per heavy atom. The van der Waals surface area contributed by atoms with Crippen LogP contribution in [0.3, 0.4) is 0 Å². The highest BCUT2D eigenvalue weighted by atomic mass is 35.5. The van der Waals surface area contributed by atoms with Gasteiger partial charge in [-0.25, -0.2) is 9.37 Å². The minimum absolute atomic E-state index is 0.141. The van der Waals surface area contributed by atoms with Crippen LogP contribution in [0.4, 0.5) is 15.9 Å². The molecule has 1 saturated heterocycles. The maximum atomic E-state index is 14.3. The Bertz CT molecular complexity index is 1180. The first-order valence-electron chi connectivity index (χ1n) is 9.04. The third kappa shape index (κ3) is 3.04. The number of aromatic amines is 1. The Morgan fingerprint density at radius 1 is 1.32 bits per heavy atom. The number of fused-ring (bicyclic) bond motifs is 2. The number of nitrogens with zero attached hydrogens (tertiary/aromatic N) is 3. The van der Waals surface area contributed by atoms with Gasteiger partial charge in [0.15, 0.2) is 17.3 Å². The number of aryl methyl sites for hydroxylation is 1. The zero-order valence-electron chi connectivity index (χ0n) is 15.1. The number of anilines is 2. The summed E-state index contributed by atoms with van der Waals surface area (Å²) in [5.74, 6) is 0.803. The Kier molecular flexibility index (Phi) is 4.10. The fourth-order valence-electron chi connectivity index (χ4n) is 3.55. The highest BCUT2D eigenvalue weighted by Gasteiger charge is 2.18. The number of hydrogen-bond acceptors (Lipinski definition) is 5. The third-order valence-electron chi connectivity index (χ3n) is 4.80. The molecule has 0 amide bonds. The summed E-state index contributed by atoms with van der Waals surface area (Å²) in [6.45, 7) is 3.60. The van der Waals surface area contributed by atoms with Gasteiger partial charge >= 0.3 is 0 Å². The monoisotopic (exact) mass is 400 g/mol. The molecular formula is C19H18ClFN6O. The van der Waals surface area contributed by atoms with Crippen LogP contribution in [0.5, 0.6) is 5.75 Å². The van der Waals surface area contributed by atoms with E-state index >= 15 is 0 Å². The van der Waals surface area contributed by atoms with Gasteiger partial charge in [-0.2, -0.15) is 5.10 Å². The number of imidazole rings is 1. The predicted molar refractivity (Wildman–Crippen MR) is 106 cm³/mol. The Balaban J connectivity index is 1.47. The second kappa shape index (κ2) is 6.65. The van der Waals surface area contributed by atoms with Crippen molar-refractivity contribution in [1.82, 2.24) is 24.9 Å². The van der Waals surface area contributed by atoms with Crippen LogP contribution in [0.2, 0.25) is 5.02 Å². The van der Waals surface area contributed by atoms with Crippen LogP contribution < -0.4 is 15.4 Å². The Labute approximate surface area is 164 Å². The zero-order valence-corrected chi connectivity index (χ0v) is 15.8. The quantitative estimate of drug-likeness (QED) is 0.485. The molecule has 9 heteroatoms. The van der Waals surface area contributed by atoms with Crippen molar-refractivity contribution < 1.29 is 9.13 Å². The van der Waals surface area contributed by atoms with Crippen molar-refractivity contribution in [2.45, 2.75) is 19.4 Å². The number of nitrogens with one attached hydrogen (secondary N) is 3. The molecule has 5 rings (SSSR count). The molecular weight excluding hydrogens is 383 g/mol. The largest absolute Gasteiger partial charge is 0.489 e. The summed E-state index contributed by atoms with van der Waals surface area (Å²) < 4.78 is 22.0. The van der Waals surface area contributed by atoms with Gasteiger partial charge in [-0.15, -0.1) is 0 Å². The van der Waals surface area contributed by atoms with Crippen molar-refractivity contribution in [2.75, 3.05) is 18.4 Å². The number of halogens is 2. The molecule has 0 radical (unpaired) electrons. The molecule has 28 heavy (non-hydrogen) atoms. The lowest BCUT2D eigenvalue weighted by molar-refractivity contribution is 0.223. The molecule has 1 fully saturated rings. The van der Waals surface area contributed by atoms with Crippen molar-refractivity contribution in [3.05, 3.63) is 47.1 Å². The van der Waals surface area contributed by atoms with Crippen LogP contribution in [0.1, 0.15) is 12.1 Å². The van der Waals surface area contributed by atoms with E-state index in [0.717, 1.165) is 36.1 Å². The first-order valence-corrected chi connectivity index (χ1v) is 9.41. The molecule has 1 aliphatic heterocycles. The van der Waals surface area contributed by atoms with Crippen molar-refractivity contribution in [3.63, 3.8) is 0 Å². The predicted octanol–water partition coefficient (Wildman–Crippen LogP) is 3.80. The first kappa shape index (κ1) is 17.3. The molecule has 0 bridgehead atoms. The SMILES string of the molecule is Cc1cn2cc(Nc3n[nH]c4cc(O[C@H]5CCNC5)cc(Cl)c34)cc(F)c2n1. The van der Waals surface area contributed by atoms with Crippen LogP contribution in [0.15, 0.2) is 30.6 Å². The van der Waals surface area contributed by atoms with Gasteiger partial charge in [-0.3, -0.25) is 5.10 Å². The summed E-state index contributed by atoms with van der Waals surface area (Å²) in [4.78, 5) is 4.17. The van der Waals surface area contributed by atoms with Crippen molar-refractivity contribution in [3.8, 4) is 5.75 Å². The van der Waals surface area contributed by atoms with Crippen molar-refractivity contribution in [2.24, 2.45) is 0 Å². The average molecular weight is 401 g/mol. The van der Waals surface area contributed by atoms with E-state index in [4.69, 9.17) is 16.3 Å². The maximum absolute atomic E-state index is 14.3. The highest BCUT2D eigenvalue weighted by Crippen LogP contribution is 2.35. The number of benzene rings is 1. The lowest BCUT2D eigenvalue weighted by atomic mass is 10.2. The summed E-state index contributed by atoms with van der Waals surface area (Å²) in [6.07, 6.45) is 4.63. The van der Waals surface area contributed by atoms with Gasteiger partial charge in [0.2, 0.25) is 0 Å². The van der Waals surface area contributed by atoms with Crippen LogP contribution in [0, 0.1) is 12.7 Å². The molecule has 1 aliphatic rings. The number of rotatable bonds is 4. The van der Waals surface area contributed by atoms with Gasteiger partial charge in [0.1, 0.15) is 11.9 Å². The molecule has 1 atom stereocenters. The average Bonchev–Trinajstić information content (AvgIpc) is 3.36. The van der Waals surface area contributed by atoms with Crippen LogP contribution in [0.25, 0.3) is 16.6 Å². The van der Waals surface area contributed by atoms with Crippen molar-refractivity contribution in [1.29, 1.82) is 0 Å². The van der Waals surface area contributed by atoms with Gasteiger partial charge in [0, 0.05) is 31.1 Å². The minimum Gasteiger partial charge on any atom is -0.489 e. The number of aromatic nitrogens is 4. The maximum Gasteiger partial charge on any atom is 0.173 e. The first-order chi connectivity index (χ1) is 13.6. The molecule has 3 aromatic heterocycles. The number of hydrogen-bond donors (Lipinski definition) is 3. The third-order valence-corrected chi connectivity index (χ3v) is 5.09. The second-order valence-electron chi connectivity index (χ2n) is 6.95. The van der Waals surface area contributed by atoms with E-state index in [-0.39, 0.29) is 11.8 Å². The smallest absolute Gasteiger partial charge is 0.173 e. The standard InChI is InChI=1S/C19H18ClFN6O/c1-10-8-27-9-11(4-15(21)19(27)23-10)24-18-17-14(20)5-13(6-16(17)25-26-18)28-12-2-3-22-7-12/h4-6,8-9,12,22H,2-3,7H2,1H3,(H2,24,25,26)/t12-/m0/s1. The van der Waals surface area contributed by atoms with E-state index in [2.05, 4.69) is 25.8 Å². The molecule has 144 valence electrons. The molecule has 0 spiro atoms. The number of ether oxygens (including phenoxy) is 1.